The van der Waals surface area contributed by atoms with Gasteiger partial charge in [-0.25, -0.2) is 9.29 Å². The molecule has 3 aliphatic carbocycles. The van der Waals surface area contributed by atoms with E-state index in [9.17, 15) is 14.0 Å². The Balaban J connectivity index is 1.67. The van der Waals surface area contributed by atoms with E-state index < -0.39 is 29.4 Å². The van der Waals surface area contributed by atoms with Crippen molar-refractivity contribution in [3.8, 4) is 0 Å². The lowest BCUT2D eigenvalue weighted by Gasteiger charge is -2.56. The van der Waals surface area contributed by atoms with Crippen LogP contribution in [0.25, 0.3) is 0 Å². The summed E-state index contributed by atoms with van der Waals surface area (Å²) in [5.74, 6) is -2.61. The third-order valence-electron chi connectivity index (χ3n) is 7.57. The fraction of sp³-hybridized carbons (Fsp3) is 0.259. The van der Waals surface area contributed by atoms with Gasteiger partial charge in [0.1, 0.15) is 5.82 Å². The number of carbonyl (C=O) groups excluding carboxylic acids is 2. The van der Waals surface area contributed by atoms with Gasteiger partial charge in [-0.2, -0.15) is 0 Å². The Kier molecular flexibility index (Phi) is 4.34. The third-order valence-corrected chi connectivity index (χ3v) is 7.57. The Morgan fingerprint density at radius 1 is 0.818 bits per heavy atom. The summed E-state index contributed by atoms with van der Waals surface area (Å²) in [5, 5.41) is 0. The minimum atomic E-state index is -1.00. The van der Waals surface area contributed by atoms with Crippen LogP contribution in [0.5, 0.6) is 0 Å². The topological polar surface area (TPSA) is 55.8 Å². The molecule has 3 aromatic rings. The molecule has 5 nitrogen and oxygen atoms in total. The first kappa shape index (κ1) is 20.3. The quantitative estimate of drug-likeness (QED) is 0.452. The van der Waals surface area contributed by atoms with Crippen LogP contribution in [0, 0.1) is 17.7 Å². The van der Waals surface area contributed by atoms with Gasteiger partial charge in [-0.3, -0.25) is 9.59 Å². The summed E-state index contributed by atoms with van der Waals surface area (Å²) in [7, 11) is 3.12. The number of anilines is 1. The highest BCUT2D eigenvalue weighted by molar-refractivity contribution is 6.23. The highest BCUT2D eigenvalue weighted by Crippen LogP contribution is 2.65. The first-order chi connectivity index (χ1) is 16.1. The monoisotopic (exact) mass is 443 g/mol. The summed E-state index contributed by atoms with van der Waals surface area (Å²) in [5.41, 5.74) is 3.29. The molecule has 1 aliphatic heterocycles. The van der Waals surface area contributed by atoms with E-state index in [4.69, 9.17) is 9.47 Å². The second kappa shape index (κ2) is 7.07. The Bertz CT molecular complexity index is 1240. The Labute approximate surface area is 190 Å². The van der Waals surface area contributed by atoms with Gasteiger partial charge >= 0.3 is 0 Å². The van der Waals surface area contributed by atoms with Crippen molar-refractivity contribution in [3.63, 3.8) is 0 Å². The lowest BCUT2D eigenvalue weighted by atomic mass is 9.47. The van der Waals surface area contributed by atoms with E-state index in [2.05, 4.69) is 0 Å². The number of carbonyl (C=O) groups is 2. The minimum Gasteiger partial charge on any atom is -0.355 e. The normalized spacial score (nSPS) is 27.0. The molecule has 1 fully saturated rings. The molecule has 6 heteroatoms. The number of imide groups is 1. The summed E-state index contributed by atoms with van der Waals surface area (Å²) >= 11 is 0. The van der Waals surface area contributed by atoms with Crippen molar-refractivity contribution >= 4 is 17.5 Å². The molecule has 2 amide bonds. The van der Waals surface area contributed by atoms with E-state index in [1.54, 1.807) is 14.2 Å². The molecule has 33 heavy (non-hydrogen) atoms. The summed E-state index contributed by atoms with van der Waals surface area (Å²) in [4.78, 5) is 29.2. The molecule has 2 bridgehead atoms. The van der Waals surface area contributed by atoms with Crippen LogP contribution in [0.15, 0.2) is 72.8 Å². The van der Waals surface area contributed by atoms with Crippen LogP contribution in [-0.4, -0.2) is 32.3 Å². The maximum atomic E-state index is 14.1. The number of hydrogen-bond acceptors (Lipinski definition) is 4. The molecule has 0 radical (unpaired) electrons. The van der Waals surface area contributed by atoms with E-state index in [-0.39, 0.29) is 17.7 Å². The Morgan fingerprint density at radius 3 is 1.91 bits per heavy atom. The summed E-state index contributed by atoms with van der Waals surface area (Å²) < 4.78 is 25.3. The van der Waals surface area contributed by atoms with Crippen LogP contribution in [0.4, 0.5) is 10.1 Å². The smallest absolute Gasteiger partial charge is 0.239 e. The van der Waals surface area contributed by atoms with E-state index in [1.165, 1.54) is 29.2 Å². The zero-order valence-electron chi connectivity index (χ0n) is 18.2. The second-order valence-corrected chi connectivity index (χ2v) is 8.82. The molecular weight excluding hydrogens is 421 g/mol. The first-order valence-corrected chi connectivity index (χ1v) is 10.9. The van der Waals surface area contributed by atoms with Gasteiger partial charge in [0.25, 0.3) is 0 Å². The first-order valence-electron chi connectivity index (χ1n) is 10.9. The summed E-state index contributed by atoms with van der Waals surface area (Å²) in [6.07, 6.45) is -0.793. The number of hydrogen-bond donors (Lipinski definition) is 0. The van der Waals surface area contributed by atoms with Crippen LogP contribution in [0.3, 0.4) is 0 Å². The third kappa shape index (κ3) is 2.37. The molecule has 166 valence electrons. The van der Waals surface area contributed by atoms with Gasteiger partial charge in [0, 0.05) is 20.1 Å². The van der Waals surface area contributed by atoms with Gasteiger partial charge in [0.2, 0.25) is 11.8 Å². The Morgan fingerprint density at radius 2 is 1.36 bits per heavy atom. The zero-order chi connectivity index (χ0) is 22.9. The number of rotatable bonds is 4. The molecule has 1 heterocycles. The number of nitrogens with zero attached hydrogens (tertiary/aromatic N) is 1. The van der Waals surface area contributed by atoms with Crippen molar-refractivity contribution in [1.29, 1.82) is 0 Å². The summed E-state index contributed by atoms with van der Waals surface area (Å²) in [6, 6.07) is 21.4. The van der Waals surface area contributed by atoms with E-state index in [0.717, 1.165) is 22.3 Å². The van der Waals surface area contributed by atoms with Crippen molar-refractivity contribution in [2.75, 3.05) is 19.1 Å². The number of benzene rings is 3. The average Bonchev–Trinajstić information content (AvgIpc) is 3.12. The SMILES string of the molecule is COC(OC)C12c3ccccc3C(c3ccccc31)[C@H]1C(=O)N(c3ccc(F)cc3)C(=O)[C@H]12. The predicted octanol–water partition coefficient (Wildman–Crippen LogP) is 4.00. The number of amides is 2. The van der Waals surface area contributed by atoms with Crippen molar-refractivity contribution < 1.29 is 23.5 Å². The van der Waals surface area contributed by atoms with Crippen molar-refractivity contribution in [3.05, 3.63) is 101 Å². The van der Waals surface area contributed by atoms with Crippen molar-refractivity contribution in [2.45, 2.75) is 17.6 Å². The standard InChI is InChI=1S/C27H22FNO4/c1-32-26(33-2)27-19-9-5-3-7-17(19)21(18-8-4-6-10-20(18)27)22-23(27)25(31)29(24(22)30)16-13-11-15(28)12-14-16/h3-14,21-23,26H,1-2H3/t21?,22-,23+,27?/m1/s1. The molecule has 4 aliphatic rings. The largest absolute Gasteiger partial charge is 0.355 e. The van der Waals surface area contributed by atoms with Gasteiger partial charge in [-0.05, 0) is 46.5 Å². The summed E-state index contributed by atoms with van der Waals surface area (Å²) in [6.45, 7) is 0. The highest BCUT2D eigenvalue weighted by atomic mass is 19.1. The number of halogens is 1. The van der Waals surface area contributed by atoms with Gasteiger partial charge in [0.15, 0.2) is 6.29 Å². The molecule has 2 atom stereocenters. The molecular formula is C27H22FNO4. The van der Waals surface area contributed by atoms with E-state index in [1.807, 2.05) is 48.5 Å². The van der Waals surface area contributed by atoms with Crippen molar-refractivity contribution in [2.24, 2.45) is 11.8 Å². The van der Waals surface area contributed by atoms with Crippen molar-refractivity contribution in [1.82, 2.24) is 0 Å². The second-order valence-electron chi connectivity index (χ2n) is 8.82. The van der Waals surface area contributed by atoms with Crippen LogP contribution in [0.1, 0.15) is 28.2 Å². The lowest BCUT2D eigenvalue weighted by molar-refractivity contribution is -0.168. The molecule has 0 N–H and O–H groups in total. The predicted molar refractivity (Wildman–Crippen MR) is 119 cm³/mol. The van der Waals surface area contributed by atoms with Gasteiger partial charge in [0.05, 0.1) is 22.9 Å². The van der Waals surface area contributed by atoms with Crippen LogP contribution >= 0.6 is 0 Å². The van der Waals surface area contributed by atoms with Gasteiger partial charge < -0.3 is 9.47 Å². The number of ether oxygens (including phenoxy) is 2. The van der Waals surface area contributed by atoms with E-state index >= 15 is 0 Å². The zero-order valence-corrected chi connectivity index (χ0v) is 18.2. The molecule has 0 aromatic heterocycles. The molecule has 3 aromatic carbocycles. The Hall–Kier alpha value is -3.35. The van der Waals surface area contributed by atoms with Crippen LogP contribution < -0.4 is 4.90 Å². The van der Waals surface area contributed by atoms with Gasteiger partial charge in [-0.1, -0.05) is 48.5 Å². The molecule has 1 saturated heterocycles. The maximum Gasteiger partial charge on any atom is 0.239 e. The minimum absolute atomic E-state index is 0.263. The molecule has 0 saturated carbocycles. The van der Waals surface area contributed by atoms with Gasteiger partial charge in [-0.15, -0.1) is 0 Å². The highest BCUT2D eigenvalue weighted by Gasteiger charge is 2.71. The lowest BCUT2D eigenvalue weighted by Crippen LogP contribution is -2.60. The fourth-order valence-corrected chi connectivity index (χ4v) is 6.54. The number of methoxy groups -OCH3 is 2. The van der Waals surface area contributed by atoms with E-state index in [0.29, 0.717) is 5.69 Å². The van der Waals surface area contributed by atoms with Crippen LogP contribution in [0.2, 0.25) is 0 Å². The molecule has 0 unspecified atom stereocenters. The fourth-order valence-electron chi connectivity index (χ4n) is 6.54. The maximum absolute atomic E-state index is 14.1. The molecule has 0 spiro atoms. The molecule has 7 rings (SSSR count). The van der Waals surface area contributed by atoms with Crippen LogP contribution in [-0.2, 0) is 24.5 Å². The average molecular weight is 443 g/mol.